The van der Waals surface area contributed by atoms with Crippen molar-refractivity contribution in [1.29, 1.82) is 0 Å². The van der Waals surface area contributed by atoms with Crippen molar-refractivity contribution >= 4 is 27.5 Å². The molecule has 1 aliphatic rings. The number of nitrogen functional groups attached to an aromatic ring is 1. The van der Waals surface area contributed by atoms with Gasteiger partial charge in [0.05, 0.1) is 10.6 Å². The molecule has 1 aromatic carbocycles. The molecule has 0 aromatic heterocycles. The van der Waals surface area contributed by atoms with Crippen LogP contribution in [0.1, 0.15) is 12.8 Å². The molecule has 0 bridgehead atoms. The maximum Gasteiger partial charge on any atom is 0.240 e. The molecule has 1 saturated carbocycles. The summed E-state index contributed by atoms with van der Waals surface area (Å²) < 4.78 is 26.7. The van der Waals surface area contributed by atoms with Crippen LogP contribution in [-0.2, 0) is 10.0 Å². The molecule has 1 aliphatic carbocycles. The smallest absolute Gasteiger partial charge is 0.240 e. The molecule has 0 atom stereocenters. The SMILES string of the molecule is CSC1(CNS(=O)(=O)c2ccc(O)c(N)c2)CC1. The van der Waals surface area contributed by atoms with Gasteiger partial charge in [0.2, 0.25) is 10.0 Å². The van der Waals surface area contributed by atoms with Gasteiger partial charge in [-0.2, -0.15) is 11.8 Å². The predicted octanol–water partition coefficient (Wildman–Crippen LogP) is 1.15. The van der Waals surface area contributed by atoms with Crippen LogP contribution in [-0.4, -0.2) is 31.1 Å². The number of phenols is 1. The van der Waals surface area contributed by atoms with Gasteiger partial charge >= 0.3 is 0 Å². The highest BCUT2D eigenvalue weighted by atomic mass is 32.2. The van der Waals surface area contributed by atoms with Crippen LogP contribution in [0.3, 0.4) is 0 Å². The van der Waals surface area contributed by atoms with E-state index >= 15 is 0 Å². The summed E-state index contributed by atoms with van der Waals surface area (Å²) in [7, 11) is -3.56. The van der Waals surface area contributed by atoms with E-state index in [0.717, 1.165) is 12.8 Å². The van der Waals surface area contributed by atoms with Crippen molar-refractivity contribution in [2.75, 3.05) is 18.5 Å². The van der Waals surface area contributed by atoms with Gasteiger partial charge in [-0.3, -0.25) is 0 Å². The number of nitrogens with two attached hydrogens (primary N) is 1. The zero-order chi connectivity index (χ0) is 13.4. The molecule has 18 heavy (non-hydrogen) atoms. The highest BCUT2D eigenvalue weighted by Crippen LogP contribution is 2.46. The second-order valence-corrected chi connectivity index (χ2v) is 7.47. The average Bonchev–Trinajstić information content (AvgIpc) is 3.11. The average molecular weight is 288 g/mol. The van der Waals surface area contributed by atoms with Crippen molar-refractivity contribution in [3.05, 3.63) is 18.2 Å². The van der Waals surface area contributed by atoms with Crippen molar-refractivity contribution in [3.63, 3.8) is 0 Å². The Hall–Kier alpha value is -0.920. The zero-order valence-electron chi connectivity index (χ0n) is 10.0. The van der Waals surface area contributed by atoms with Crippen molar-refractivity contribution < 1.29 is 13.5 Å². The van der Waals surface area contributed by atoms with Gasteiger partial charge < -0.3 is 10.8 Å². The first-order valence-electron chi connectivity index (χ1n) is 5.52. The van der Waals surface area contributed by atoms with E-state index in [1.54, 1.807) is 11.8 Å². The fraction of sp³-hybridized carbons (Fsp3) is 0.455. The molecule has 4 N–H and O–H groups in total. The van der Waals surface area contributed by atoms with Crippen molar-refractivity contribution in [2.24, 2.45) is 0 Å². The molecule has 7 heteroatoms. The monoisotopic (exact) mass is 288 g/mol. The first-order valence-corrected chi connectivity index (χ1v) is 8.23. The van der Waals surface area contributed by atoms with Gasteiger partial charge in [-0.15, -0.1) is 0 Å². The summed E-state index contributed by atoms with van der Waals surface area (Å²) in [5.74, 6) is -0.114. The molecule has 0 spiro atoms. The van der Waals surface area contributed by atoms with Gasteiger partial charge in [-0.05, 0) is 37.3 Å². The Morgan fingerprint density at radius 2 is 2.17 bits per heavy atom. The summed E-state index contributed by atoms with van der Waals surface area (Å²) in [4.78, 5) is 0.0784. The van der Waals surface area contributed by atoms with Gasteiger partial charge in [0, 0.05) is 11.3 Å². The number of anilines is 1. The third-order valence-corrected chi connectivity index (χ3v) is 5.95. The standard InChI is InChI=1S/C11H16N2O3S2/c1-17-11(4-5-11)7-13-18(15,16)8-2-3-10(14)9(12)6-8/h2-3,6,13-14H,4-5,7,12H2,1H3. The first-order chi connectivity index (χ1) is 8.38. The fourth-order valence-corrected chi connectivity index (χ4v) is 3.58. The molecular formula is C11H16N2O3S2. The van der Waals surface area contributed by atoms with Crippen LogP contribution in [0.4, 0.5) is 5.69 Å². The summed E-state index contributed by atoms with van der Waals surface area (Å²) >= 11 is 1.69. The number of thioether (sulfide) groups is 1. The third-order valence-electron chi connectivity index (χ3n) is 3.13. The number of hydrogen-bond acceptors (Lipinski definition) is 5. The summed E-state index contributed by atoms with van der Waals surface area (Å²) in [6, 6.07) is 3.88. The Bertz CT molecular complexity index is 553. The topological polar surface area (TPSA) is 92.4 Å². The molecule has 0 amide bonds. The molecule has 100 valence electrons. The Kier molecular flexibility index (Phi) is 3.48. The highest BCUT2D eigenvalue weighted by Gasteiger charge is 2.42. The van der Waals surface area contributed by atoms with Crippen LogP contribution >= 0.6 is 11.8 Å². The molecule has 0 unspecified atom stereocenters. The molecule has 0 radical (unpaired) electrons. The summed E-state index contributed by atoms with van der Waals surface area (Å²) in [6.07, 6.45) is 4.06. The van der Waals surface area contributed by atoms with Crippen molar-refractivity contribution in [1.82, 2.24) is 4.72 Å². The molecule has 0 aliphatic heterocycles. The molecule has 0 heterocycles. The van der Waals surface area contributed by atoms with Gasteiger partial charge in [0.25, 0.3) is 0 Å². The second-order valence-electron chi connectivity index (χ2n) is 4.43. The van der Waals surface area contributed by atoms with Gasteiger partial charge in [-0.25, -0.2) is 13.1 Å². The van der Waals surface area contributed by atoms with Crippen LogP contribution in [0.5, 0.6) is 5.75 Å². The van der Waals surface area contributed by atoms with Gasteiger partial charge in [0.1, 0.15) is 5.75 Å². The Morgan fingerprint density at radius 1 is 1.50 bits per heavy atom. The lowest BCUT2D eigenvalue weighted by Gasteiger charge is -2.13. The van der Waals surface area contributed by atoms with E-state index in [1.807, 2.05) is 6.26 Å². The van der Waals surface area contributed by atoms with Crippen molar-refractivity contribution in [2.45, 2.75) is 22.5 Å². The largest absolute Gasteiger partial charge is 0.506 e. The van der Waals surface area contributed by atoms with Gasteiger partial charge in [-0.1, -0.05) is 0 Å². The first kappa shape index (κ1) is 13.5. The van der Waals surface area contributed by atoms with E-state index < -0.39 is 10.0 Å². The molecule has 5 nitrogen and oxygen atoms in total. The number of hydrogen-bond donors (Lipinski definition) is 3. The minimum atomic E-state index is -3.56. The van der Waals surface area contributed by atoms with Crippen LogP contribution in [0.2, 0.25) is 0 Å². The van der Waals surface area contributed by atoms with E-state index in [2.05, 4.69) is 4.72 Å². The zero-order valence-corrected chi connectivity index (χ0v) is 11.6. The normalized spacial score (nSPS) is 17.6. The highest BCUT2D eigenvalue weighted by molar-refractivity contribution is 8.00. The number of aromatic hydroxyl groups is 1. The van der Waals surface area contributed by atoms with Crippen molar-refractivity contribution in [3.8, 4) is 5.75 Å². The Labute approximate surface area is 111 Å². The minimum Gasteiger partial charge on any atom is -0.506 e. The maximum absolute atomic E-state index is 12.0. The van der Waals surface area contributed by atoms with Crippen LogP contribution in [0.25, 0.3) is 0 Å². The van der Waals surface area contributed by atoms with E-state index in [4.69, 9.17) is 5.73 Å². The molecule has 1 fully saturated rings. The van der Waals surface area contributed by atoms with Crippen LogP contribution < -0.4 is 10.5 Å². The molecule has 0 saturated heterocycles. The molecule has 1 aromatic rings. The predicted molar refractivity (Wildman–Crippen MR) is 73.2 cm³/mol. The van der Waals surface area contributed by atoms with E-state index in [0.29, 0.717) is 6.54 Å². The number of sulfonamides is 1. The minimum absolute atomic E-state index is 0.0591. The fourth-order valence-electron chi connectivity index (χ4n) is 1.60. The third kappa shape index (κ3) is 2.73. The quantitative estimate of drug-likeness (QED) is 0.558. The van der Waals surface area contributed by atoms with E-state index in [-0.39, 0.29) is 21.1 Å². The summed E-state index contributed by atoms with van der Waals surface area (Å²) in [5, 5.41) is 9.27. The number of rotatable bonds is 5. The number of nitrogens with one attached hydrogen (secondary N) is 1. The maximum atomic E-state index is 12.0. The summed E-state index contributed by atoms with van der Waals surface area (Å²) in [5.41, 5.74) is 5.55. The van der Waals surface area contributed by atoms with E-state index in [1.165, 1.54) is 18.2 Å². The Morgan fingerprint density at radius 3 is 2.67 bits per heavy atom. The lowest BCUT2D eigenvalue weighted by molar-refractivity contribution is 0.477. The van der Waals surface area contributed by atoms with Gasteiger partial charge in [0.15, 0.2) is 0 Å². The lowest BCUT2D eigenvalue weighted by Crippen LogP contribution is -2.31. The van der Waals surface area contributed by atoms with Crippen LogP contribution in [0, 0.1) is 0 Å². The second kappa shape index (κ2) is 4.64. The number of benzene rings is 1. The summed E-state index contributed by atoms with van der Waals surface area (Å²) in [6.45, 7) is 0.428. The lowest BCUT2D eigenvalue weighted by atomic mass is 10.3. The van der Waals surface area contributed by atoms with Crippen LogP contribution in [0.15, 0.2) is 23.1 Å². The molecule has 2 rings (SSSR count). The Balaban J connectivity index is 2.13. The molecular weight excluding hydrogens is 272 g/mol. The van der Waals surface area contributed by atoms with E-state index in [9.17, 15) is 13.5 Å². The number of phenolic OH excluding ortho intramolecular Hbond substituents is 1.